The van der Waals surface area contributed by atoms with Crippen molar-refractivity contribution in [3.63, 3.8) is 0 Å². The molecule has 0 aromatic heterocycles. The van der Waals surface area contributed by atoms with Crippen LogP contribution in [-0.4, -0.2) is 41.0 Å². The Morgan fingerprint density at radius 1 is 0.957 bits per heavy atom. The molecule has 2 unspecified atom stereocenters. The first-order valence-corrected chi connectivity index (χ1v) is 9.05. The van der Waals surface area contributed by atoms with Crippen LogP contribution in [-0.2, 0) is 0 Å². The van der Waals surface area contributed by atoms with Gasteiger partial charge in [0.25, 0.3) is 0 Å². The molecule has 2 amide bonds. The maximum absolute atomic E-state index is 13.1. The van der Waals surface area contributed by atoms with Gasteiger partial charge < -0.3 is 9.80 Å². The molecule has 0 saturated carbocycles. The highest BCUT2D eigenvalue weighted by atomic mass is 19.1. The first-order chi connectivity index (χ1) is 11.2. The minimum absolute atomic E-state index is 0.172. The molecule has 0 N–H and O–H groups in total. The summed E-state index contributed by atoms with van der Waals surface area (Å²) in [5.74, 6) is 0.299. The molecule has 124 valence electrons. The first kappa shape index (κ1) is 15.0. The van der Waals surface area contributed by atoms with Crippen LogP contribution in [0.2, 0.25) is 0 Å². The van der Waals surface area contributed by atoms with E-state index in [-0.39, 0.29) is 11.8 Å². The van der Waals surface area contributed by atoms with E-state index >= 15 is 0 Å². The van der Waals surface area contributed by atoms with Gasteiger partial charge in [0, 0.05) is 25.2 Å². The van der Waals surface area contributed by atoms with Crippen molar-refractivity contribution in [3.8, 4) is 0 Å². The normalized spacial score (nSPS) is 30.6. The van der Waals surface area contributed by atoms with Crippen LogP contribution in [0, 0.1) is 5.82 Å². The molecule has 2 bridgehead atoms. The lowest BCUT2D eigenvalue weighted by molar-refractivity contribution is 0.0991. The van der Waals surface area contributed by atoms with Gasteiger partial charge in [-0.3, -0.25) is 0 Å². The zero-order chi connectivity index (χ0) is 15.8. The largest absolute Gasteiger partial charge is 0.325 e. The van der Waals surface area contributed by atoms with E-state index in [1.165, 1.54) is 12.0 Å². The highest BCUT2D eigenvalue weighted by Crippen LogP contribution is 2.43. The Bertz CT molecular complexity index is 553. The van der Waals surface area contributed by atoms with Crippen LogP contribution >= 0.6 is 0 Å². The van der Waals surface area contributed by atoms with Gasteiger partial charge in [-0.05, 0) is 68.6 Å². The maximum atomic E-state index is 13.1. The van der Waals surface area contributed by atoms with Gasteiger partial charge in [0.05, 0.1) is 0 Å². The number of carbonyl (C=O) groups is 1. The van der Waals surface area contributed by atoms with E-state index < -0.39 is 0 Å². The van der Waals surface area contributed by atoms with Gasteiger partial charge in [0.2, 0.25) is 0 Å². The van der Waals surface area contributed by atoms with Gasteiger partial charge in [-0.2, -0.15) is 0 Å². The Labute approximate surface area is 137 Å². The standard InChI is InChI=1S/C19H25FN2O/c20-16-6-4-14(5-7-16)15-12-17-8-9-18(13-15)22(17)19(23)21-10-2-1-3-11-21/h4-7,15,17-18H,1-3,8-13H2. The number of fused-ring (bicyclic) bond motifs is 2. The molecule has 4 rings (SSSR count). The Morgan fingerprint density at radius 2 is 1.57 bits per heavy atom. The second-order valence-electron chi connectivity index (χ2n) is 7.34. The van der Waals surface area contributed by atoms with Crippen molar-refractivity contribution in [3.05, 3.63) is 35.6 Å². The summed E-state index contributed by atoms with van der Waals surface area (Å²) in [4.78, 5) is 17.2. The number of amides is 2. The molecule has 3 aliphatic rings. The summed E-state index contributed by atoms with van der Waals surface area (Å²) < 4.78 is 13.1. The lowest BCUT2D eigenvalue weighted by Gasteiger charge is -2.42. The Balaban J connectivity index is 1.47. The number of nitrogens with zero attached hydrogens (tertiary/aromatic N) is 2. The number of hydrogen-bond donors (Lipinski definition) is 0. The highest BCUT2D eigenvalue weighted by Gasteiger charge is 2.44. The van der Waals surface area contributed by atoms with Gasteiger partial charge in [0.1, 0.15) is 5.82 Å². The van der Waals surface area contributed by atoms with Crippen molar-refractivity contribution in [1.82, 2.24) is 9.80 Å². The van der Waals surface area contributed by atoms with Gasteiger partial charge in [-0.15, -0.1) is 0 Å². The quantitative estimate of drug-likeness (QED) is 0.764. The summed E-state index contributed by atoms with van der Waals surface area (Å²) in [7, 11) is 0. The van der Waals surface area contributed by atoms with Crippen molar-refractivity contribution in [1.29, 1.82) is 0 Å². The second kappa shape index (κ2) is 6.14. The zero-order valence-corrected chi connectivity index (χ0v) is 13.6. The summed E-state index contributed by atoms with van der Waals surface area (Å²) in [6.07, 6.45) is 7.86. The molecule has 3 fully saturated rings. The topological polar surface area (TPSA) is 23.6 Å². The minimum atomic E-state index is -0.172. The summed E-state index contributed by atoms with van der Waals surface area (Å²) in [6.45, 7) is 1.85. The molecule has 0 radical (unpaired) electrons. The zero-order valence-electron chi connectivity index (χ0n) is 13.6. The lowest BCUT2D eigenvalue weighted by Crippen LogP contribution is -2.53. The van der Waals surface area contributed by atoms with E-state index in [4.69, 9.17) is 0 Å². The van der Waals surface area contributed by atoms with E-state index in [9.17, 15) is 9.18 Å². The van der Waals surface area contributed by atoms with Crippen molar-refractivity contribution >= 4 is 6.03 Å². The number of urea groups is 1. The molecule has 2 atom stereocenters. The summed E-state index contributed by atoms with van der Waals surface area (Å²) in [6, 6.07) is 7.97. The number of rotatable bonds is 1. The average Bonchev–Trinajstić information content (AvgIpc) is 2.85. The van der Waals surface area contributed by atoms with E-state index in [0.29, 0.717) is 18.0 Å². The molecule has 1 aromatic carbocycles. The number of halogens is 1. The maximum Gasteiger partial charge on any atom is 0.320 e. The van der Waals surface area contributed by atoms with Gasteiger partial charge in [0.15, 0.2) is 0 Å². The average molecular weight is 316 g/mol. The third kappa shape index (κ3) is 2.84. The fourth-order valence-corrected chi connectivity index (χ4v) is 4.74. The minimum Gasteiger partial charge on any atom is -0.325 e. The SMILES string of the molecule is O=C(N1CCCCC1)N1C2CCC1CC(c1ccc(F)cc1)C2. The molecule has 4 heteroatoms. The molecule has 1 aromatic rings. The van der Waals surface area contributed by atoms with Crippen molar-refractivity contribution in [2.75, 3.05) is 13.1 Å². The molecule has 0 spiro atoms. The van der Waals surface area contributed by atoms with E-state index in [0.717, 1.165) is 51.6 Å². The van der Waals surface area contributed by atoms with Gasteiger partial charge in [-0.1, -0.05) is 12.1 Å². The molecule has 3 saturated heterocycles. The number of benzene rings is 1. The monoisotopic (exact) mass is 316 g/mol. The number of likely N-dealkylation sites (tertiary alicyclic amines) is 1. The van der Waals surface area contributed by atoms with Crippen molar-refractivity contribution < 1.29 is 9.18 Å². The van der Waals surface area contributed by atoms with Crippen LogP contribution in [0.15, 0.2) is 24.3 Å². The molecule has 0 aliphatic carbocycles. The number of hydrogen-bond acceptors (Lipinski definition) is 1. The van der Waals surface area contributed by atoms with Crippen LogP contribution in [0.25, 0.3) is 0 Å². The fraction of sp³-hybridized carbons (Fsp3) is 0.632. The van der Waals surface area contributed by atoms with Crippen LogP contribution in [0.3, 0.4) is 0 Å². The van der Waals surface area contributed by atoms with E-state index in [1.54, 1.807) is 12.1 Å². The first-order valence-electron chi connectivity index (χ1n) is 9.05. The Kier molecular flexibility index (Phi) is 4.00. The second-order valence-corrected chi connectivity index (χ2v) is 7.34. The molecule has 3 aliphatic heterocycles. The van der Waals surface area contributed by atoms with Crippen LogP contribution in [0.1, 0.15) is 56.4 Å². The lowest BCUT2D eigenvalue weighted by atomic mass is 9.85. The summed E-state index contributed by atoms with van der Waals surface area (Å²) in [5.41, 5.74) is 1.23. The summed E-state index contributed by atoms with van der Waals surface area (Å²) in [5, 5.41) is 0. The predicted molar refractivity (Wildman–Crippen MR) is 87.8 cm³/mol. The third-order valence-corrected chi connectivity index (χ3v) is 5.92. The van der Waals surface area contributed by atoms with Crippen LogP contribution in [0.5, 0.6) is 0 Å². The Hall–Kier alpha value is -1.58. The van der Waals surface area contributed by atoms with Crippen molar-refractivity contribution in [2.24, 2.45) is 0 Å². The Morgan fingerprint density at radius 3 is 2.17 bits per heavy atom. The highest BCUT2D eigenvalue weighted by molar-refractivity contribution is 5.76. The third-order valence-electron chi connectivity index (χ3n) is 5.92. The fourth-order valence-electron chi connectivity index (χ4n) is 4.74. The number of carbonyl (C=O) groups excluding carboxylic acids is 1. The number of piperidine rings is 2. The molecular weight excluding hydrogens is 291 g/mol. The van der Waals surface area contributed by atoms with Gasteiger partial charge >= 0.3 is 6.03 Å². The van der Waals surface area contributed by atoms with Crippen molar-refractivity contribution in [2.45, 2.75) is 62.9 Å². The summed E-state index contributed by atoms with van der Waals surface area (Å²) >= 11 is 0. The molecule has 23 heavy (non-hydrogen) atoms. The van der Waals surface area contributed by atoms with Gasteiger partial charge in [-0.25, -0.2) is 9.18 Å². The van der Waals surface area contributed by atoms with Crippen LogP contribution < -0.4 is 0 Å². The van der Waals surface area contributed by atoms with Crippen LogP contribution in [0.4, 0.5) is 9.18 Å². The molecular formula is C19H25FN2O. The smallest absolute Gasteiger partial charge is 0.320 e. The molecule has 3 heterocycles. The van der Waals surface area contributed by atoms with E-state index in [1.807, 2.05) is 12.1 Å². The predicted octanol–water partition coefficient (Wildman–Crippen LogP) is 4.14. The molecule has 3 nitrogen and oxygen atoms in total. The van der Waals surface area contributed by atoms with E-state index in [2.05, 4.69) is 9.80 Å².